The molecule has 2 fully saturated rings. The lowest BCUT2D eigenvalue weighted by Gasteiger charge is -2.09. The van der Waals surface area contributed by atoms with Crippen LogP contribution in [0.1, 0.15) is 29.9 Å². The molecule has 1 saturated carbocycles. The summed E-state index contributed by atoms with van der Waals surface area (Å²) < 4.78 is 13.0. The van der Waals surface area contributed by atoms with Crippen LogP contribution in [0.15, 0.2) is 48.5 Å². The van der Waals surface area contributed by atoms with Crippen LogP contribution < -0.4 is 10.6 Å². The molecule has 0 spiro atoms. The predicted molar refractivity (Wildman–Crippen MR) is 97.3 cm³/mol. The van der Waals surface area contributed by atoms with Gasteiger partial charge in [-0.05, 0) is 54.2 Å². The largest absolute Gasteiger partial charge is 0.326 e. The minimum atomic E-state index is -0.319. The summed E-state index contributed by atoms with van der Waals surface area (Å²) in [6.07, 6.45) is 1.49. The van der Waals surface area contributed by atoms with Crippen LogP contribution in [0.25, 0.3) is 0 Å². The first-order valence-electron chi connectivity index (χ1n) is 8.98. The van der Waals surface area contributed by atoms with E-state index in [1.54, 1.807) is 24.3 Å². The van der Waals surface area contributed by atoms with Crippen molar-refractivity contribution in [3.05, 3.63) is 65.5 Å². The van der Waals surface area contributed by atoms with Gasteiger partial charge in [0.15, 0.2) is 0 Å². The van der Waals surface area contributed by atoms with Gasteiger partial charge in [0.2, 0.25) is 17.7 Å². The Morgan fingerprint density at radius 2 is 1.78 bits per heavy atom. The number of carbonyl (C=O) groups is 3. The third-order valence-corrected chi connectivity index (χ3v) is 5.19. The summed E-state index contributed by atoms with van der Waals surface area (Å²) in [7, 11) is 0. The lowest BCUT2D eigenvalue weighted by atomic mass is 9.98. The standard InChI is InChI=1S/C21H19FN2O3/c22-15-5-3-13(4-6-15)17-11-18(17)21(27)23-16-7-1-12(2-8-16)9-14-10-19(25)24-20(14)26/h1-8,14,17-18H,9-11H2,(H,23,27)(H,24,25,26). The van der Waals surface area contributed by atoms with Gasteiger partial charge in [-0.15, -0.1) is 0 Å². The van der Waals surface area contributed by atoms with E-state index < -0.39 is 0 Å². The molecular formula is C21H19FN2O3. The average Bonchev–Trinajstić information content (AvgIpc) is 3.38. The molecule has 1 aliphatic heterocycles. The molecule has 5 nitrogen and oxygen atoms in total. The average molecular weight is 366 g/mol. The summed E-state index contributed by atoms with van der Waals surface area (Å²) >= 11 is 0. The molecule has 3 atom stereocenters. The van der Waals surface area contributed by atoms with Crippen molar-refractivity contribution in [2.75, 3.05) is 5.32 Å². The minimum Gasteiger partial charge on any atom is -0.326 e. The normalized spacial score (nSPS) is 23.8. The third kappa shape index (κ3) is 3.89. The fraction of sp³-hybridized carbons (Fsp3) is 0.286. The molecule has 1 aliphatic carbocycles. The van der Waals surface area contributed by atoms with Crippen LogP contribution in [-0.2, 0) is 20.8 Å². The third-order valence-electron chi connectivity index (χ3n) is 5.19. The van der Waals surface area contributed by atoms with Crippen molar-refractivity contribution in [3.63, 3.8) is 0 Å². The highest BCUT2D eigenvalue weighted by atomic mass is 19.1. The number of amides is 3. The van der Waals surface area contributed by atoms with E-state index in [0.717, 1.165) is 17.5 Å². The molecule has 0 radical (unpaired) electrons. The van der Waals surface area contributed by atoms with Crippen molar-refractivity contribution in [1.29, 1.82) is 0 Å². The van der Waals surface area contributed by atoms with Crippen molar-refractivity contribution >= 4 is 23.4 Å². The van der Waals surface area contributed by atoms with E-state index in [4.69, 9.17) is 0 Å². The zero-order valence-electron chi connectivity index (χ0n) is 14.6. The number of halogens is 1. The van der Waals surface area contributed by atoms with Crippen molar-refractivity contribution in [2.24, 2.45) is 11.8 Å². The van der Waals surface area contributed by atoms with Crippen LogP contribution >= 0.6 is 0 Å². The van der Waals surface area contributed by atoms with E-state index in [9.17, 15) is 18.8 Å². The van der Waals surface area contributed by atoms with Gasteiger partial charge in [-0.25, -0.2) is 4.39 Å². The molecule has 0 aromatic heterocycles. The van der Waals surface area contributed by atoms with Gasteiger partial charge in [0.1, 0.15) is 5.82 Å². The van der Waals surface area contributed by atoms with Crippen molar-refractivity contribution in [2.45, 2.75) is 25.2 Å². The summed E-state index contributed by atoms with van der Waals surface area (Å²) in [4.78, 5) is 35.3. The Labute approximate surface area is 156 Å². The second kappa shape index (κ2) is 6.95. The Kier molecular flexibility index (Phi) is 4.48. The fourth-order valence-electron chi connectivity index (χ4n) is 3.58. The SMILES string of the molecule is O=C1CC(Cc2ccc(NC(=O)C3CC3c3ccc(F)cc3)cc2)C(=O)N1. The zero-order valence-corrected chi connectivity index (χ0v) is 14.6. The molecular weight excluding hydrogens is 347 g/mol. The van der Waals surface area contributed by atoms with E-state index in [0.29, 0.717) is 12.1 Å². The molecule has 6 heteroatoms. The first-order valence-corrected chi connectivity index (χ1v) is 8.98. The molecule has 1 saturated heterocycles. The number of hydrogen-bond donors (Lipinski definition) is 2. The van der Waals surface area contributed by atoms with Gasteiger partial charge in [0, 0.05) is 18.0 Å². The van der Waals surface area contributed by atoms with Gasteiger partial charge in [0.25, 0.3) is 0 Å². The van der Waals surface area contributed by atoms with Gasteiger partial charge in [0.05, 0.1) is 5.92 Å². The lowest BCUT2D eigenvalue weighted by Crippen LogP contribution is -2.22. The maximum atomic E-state index is 13.0. The molecule has 4 rings (SSSR count). The number of rotatable bonds is 5. The summed E-state index contributed by atoms with van der Waals surface area (Å²) in [5.41, 5.74) is 2.62. The predicted octanol–water partition coefficient (Wildman–Crippen LogP) is 2.77. The molecule has 138 valence electrons. The Morgan fingerprint density at radius 1 is 1.07 bits per heavy atom. The Morgan fingerprint density at radius 3 is 2.41 bits per heavy atom. The number of carbonyl (C=O) groups excluding carboxylic acids is 3. The highest BCUT2D eigenvalue weighted by molar-refractivity contribution is 6.03. The number of imide groups is 1. The Hall–Kier alpha value is -3.02. The minimum absolute atomic E-state index is 0.0437. The first kappa shape index (κ1) is 17.4. The van der Waals surface area contributed by atoms with Gasteiger partial charge >= 0.3 is 0 Å². The summed E-state index contributed by atoms with van der Waals surface area (Å²) in [5, 5.41) is 5.21. The number of benzene rings is 2. The van der Waals surface area contributed by atoms with E-state index in [1.165, 1.54) is 12.1 Å². The van der Waals surface area contributed by atoms with Crippen LogP contribution in [-0.4, -0.2) is 17.7 Å². The number of nitrogens with one attached hydrogen (secondary N) is 2. The van der Waals surface area contributed by atoms with Gasteiger partial charge in [-0.2, -0.15) is 0 Å². The number of anilines is 1. The van der Waals surface area contributed by atoms with Crippen LogP contribution in [0, 0.1) is 17.7 Å². The molecule has 2 N–H and O–H groups in total. The van der Waals surface area contributed by atoms with Crippen LogP contribution in [0.2, 0.25) is 0 Å². The van der Waals surface area contributed by atoms with Gasteiger partial charge in [-0.3, -0.25) is 19.7 Å². The van der Waals surface area contributed by atoms with E-state index in [-0.39, 0.29) is 47.7 Å². The highest BCUT2D eigenvalue weighted by Crippen LogP contribution is 2.48. The molecule has 2 aromatic carbocycles. The van der Waals surface area contributed by atoms with Crippen molar-refractivity contribution < 1.29 is 18.8 Å². The highest BCUT2D eigenvalue weighted by Gasteiger charge is 2.43. The van der Waals surface area contributed by atoms with Gasteiger partial charge in [-0.1, -0.05) is 24.3 Å². The lowest BCUT2D eigenvalue weighted by molar-refractivity contribution is -0.125. The quantitative estimate of drug-likeness (QED) is 0.799. The summed E-state index contributed by atoms with van der Waals surface area (Å²) in [6, 6.07) is 13.6. The van der Waals surface area contributed by atoms with Crippen LogP contribution in [0.4, 0.5) is 10.1 Å². The first-order chi connectivity index (χ1) is 13.0. The topological polar surface area (TPSA) is 75.3 Å². The van der Waals surface area contributed by atoms with Crippen molar-refractivity contribution in [3.8, 4) is 0 Å². The molecule has 27 heavy (non-hydrogen) atoms. The molecule has 2 aliphatic rings. The fourth-order valence-corrected chi connectivity index (χ4v) is 3.58. The molecule has 1 heterocycles. The molecule has 0 bridgehead atoms. The van der Waals surface area contributed by atoms with Crippen LogP contribution in [0.3, 0.4) is 0 Å². The smallest absolute Gasteiger partial charge is 0.230 e. The van der Waals surface area contributed by atoms with E-state index in [2.05, 4.69) is 10.6 Å². The van der Waals surface area contributed by atoms with Crippen LogP contribution in [0.5, 0.6) is 0 Å². The summed E-state index contributed by atoms with van der Waals surface area (Å²) in [6.45, 7) is 0. The zero-order chi connectivity index (χ0) is 19.0. The van der Waals surface area contributed by atoms with E-state index in [1.807, 2.05) is 12.1 Å². The van der Waals surface area contributed by atoms with E-state index >= 15 is 0 Å². The number of hydrogen-bond acceptors (Lipinski definition) is 3. The van der Waals surface area contributed by atoms with Gasteiger partial charge < -0.3 is 5.32 Å². The molecule has 2 aromatic rings. The Bertz CT molecular complexity index is 893. The maximum absolute atomic E-state index is 13.0. The second-order valence-corrected chi connectivity index (χ2v) is 7.20. The second-order valence-electron chi connectivity index (χ2n) is 7.20. The Balaban J connectivity index is 1.32. The monoisotopic (exact) mass is 366 g/mol. The summed E-state index contributed by atoms with van der Waals surface area (Å²) in [5.74, 6) is -1.04. The molecule has 3 unspecified atom stereocenters. The van der Waals surface area contributed by atoms with Crippen molar-refractivity contribution in [1.82, 2.24) is 5.32 Å². The molecule has 3 amide bonds. The maximum Gasteiger partial charge on any atom is 0.230 e.